The number of nitrogens with zero attached hydrogens (tertiary/aromatic N) is 2. The Bertz CT molecular complexity index is 575. The summed E-state index contributed by atoms with van der Waals surface area (Å²) < 4.78 is 0.846. The van der Waals surface area contributed by atoms with E-state index in [-0.39, 0.29) is 0 Å². The predicted molar refractivity (Wildman–Crippen MR) is 77.0 cm³/mol. The zero-order chi connectivity index (χ0) is 13.1. The molecule has 2 aromatic rings. The van der Waals surface area contributed by atoms with Crippen LogP contribution < -0.4 is 16.6 Å². The van der Waals surface area contributed by atoms with Gasteiger partial charge in [0.1, 0.15) is 5.82 Å². The van der Waals surface area contributed by atoms with Crippen molar-refractivity contribution >= 4 is 45.0 Å². The third-order valence-corrected chi connectivity index (χ3v) is 3.52. The highest BCUT2D eigenvalue weighted by molar-refractivity contribution is 9.10. The largest absolute Gasteiger partial charge is 0.340 e. The van der Waals surface area contributed by atoms with E-state index >= 15 is 0 Å². The lowest BCUT2D eigenvalue weighted by molar-refractivity contribution is 1.09. The summed E-state index contributed by atoms with van der Waals surface area (Å²) in [4.78, 5) is 8.23. The van der Waals surface area contributed by atoms with Crippen LogP contribution >= 0.6 is 27.5 Å². The van der Waals surface area contributed by atoms with Gasteiger partial charge in [0.05, 0.1) is 5.02 Å². The molecule has 18 heavy (non-hydrogen) atoms. The van der Waals surface area contributed by atoms with Gasteiger partial charge < -0.3 is 5.32 Å². The van der Waals surface area contributed by atoms with Gasteiger partial charge in [-0.1, -0.05) is 11.6 Å². The van der Waals surface area contributed by atoms with Gasteiger partial charge in [0.25, 0.3) is 0 Å². The van der Waals surface area contributed by atoms with E-state index in [2.05, 4.69) is 36.6 Å². The second-order valence-corrected chi connectivity index (χ2v) is 4.88. The molecule has 94 valence electrons. The summed E-state index contributed by atoms with van der Waals surface area (Å²) in [7, 11) is 0. The summed E-state index contributed by atoms with van der Waals surface area (Å²) in [5.41, 5.74) is 4.16. The fourth-order valence-electron chi connectivity index (χ4n) is 1.35. The van der Waals surface area contributed by atoms with Crippen molar-refractivity contribution in [1.82, 2.24) is 9.97 Å². The Hall–Kier alpha value is -1.37. The Morgan fingerprint density at radius 1 is 1.39 bits per heavy atom. The van der Waals surface area contributed by atoms with E-state index in [0.29, 0.717) is 16.8 Å². The van der Waals surface area contributed by atoms with Crippen LogP contribution in [0.1, 0.15) is 5.56 Å². The fraction of sp³-hybridized carbons (Fsp3) is 0.0909. The molecule has 0 radical (unpaired) electrons. The van der Waals surface area contributed by atoms with E-state index in [9.17, 15) is 0 Å². The summed E-state index contributed by atoms with van der Waals surface area (Å²) in [5.74, 6) is 6.31. The number of halogens is 2. The Balaban J connectivity index is 2.30. The van der Waals surface area contributed by atoms with Crippen molar-refractivity contribution < 1.29 is 0 Å². The maximum atomic E-state index is 6.03. The van der Waals surface area contributed by atoms with Gasteiger partial charge >= 0.3 is 0 Å². The first-order valence-electron chi connectivity index (χ1n) is 5.12. The highest BCUT2D eigenvalue weighted by Crippen LogP contribution is 2.27. The molecule has 0 aliphatic heterocycles. The molecule has 0 saturated carbocycles. The molecule has 7 heteroatoms. The number of aryl methyl sites for hydroxylation is 1. The molecular formula is C11H11BrClN5. The molecule has 1 aromatic carbocycles. The predicted octanol–water partition coefficient (Wildman–Crippen LogP) is 3.23. The third-order valence-electron chi connectivity index (χ3n) is 2.28. The van der Waals surface area contributed by atoms with Gasteiger partial charge in [-0.3, -0.25) is 5.43 Å². The number of hydrogen-bond acceptors (Lipinski definition) is 5. The number of benzene rings is 1. The Labute approximate surface area is 118 Å². The zero-order valence-electron chi connectivity index (χ0n) is 9.54. The summed E-state index contributed by atoms with van der Waals surface area (Å²) in [6.45, 7) is 1.91. The first-order valence-corrected chi connectivity index (χ1v) is 6.29. The van der Waals surface area contributed by atoms with Crippen LogP contribution in [-0.2, 0) is 0 Å². The molecule has 0 spiro atoms. The summed E-state index contributed by atoms with van der Waals surface area (Å²) >= 11 is 9.37. The van der Waals surface area contributed by atoms with E-state index in [1.807, 2.05) is 25.1 Å². The fourth-order valence-corrected chi connectivity index (χ4v) is 1.78. The third kappa shape index (κ3) is 2.90. The number of hydrogen-bond donors (Lipinski definition) is 3. The average molecular weight is 329 g/mol. The second kappa shape index (κ2) is 5.51. The number of nitrogen functional groups attached to an aromatic ring is 1. The standard InChI is InChI=1S/C11H11BrClN5/c1-6-5-15-11(18-14)17-10(6)16-7-2-3-8(12)9(13)4-7/h2-5H,14H2,1H3,(H2,15,16,17,18). The quantitative estimate of drug-likeness (QED) is 0.596. The summed E-state index contributed by atoms with van der Waals surface area (Å²) in [5, 5.41) is 3.79. The molecular weight excluding hydrogens is 318 g/mol. The van der Waals surface area contributed by atoms with Gasteiger partial charge in [-0.05, 0) is 41.1 Å². The van der Waals surface area contributed by atoms with Gasteiger partial charge in [0, 0.05) is 21.9 Å². The minimum atomic E-state index is 0.353. The topological polar surface area (TPSA) is 75.9 Å². The molecule has 0 saturated heterocycles. The highest BCUT2D eigenvalue weighted by atomic mass is 79.9. The van der Waals surface area contributed by atoms with Gasteiger partial charge in [-0.15, -0.1) is 0 Å². The van der Waals surface area contributed by atoms with E-state index < -0.39 is 0 Å². The number of nitrogens with two attached hydrogens (primary N) is 1. The molecule has 0 amide bonds. The molecule has 0 aliphatic rings. The van der Waals surface area contributed by atoms with Crippen LogP contribution in [0.4, 0.5) is 17.5 Å². The molecule has 5 nitrogen and oxygen atoms in total. The second-order valence-electron chi connectivity index (χ2n) is 3.62. The maximum absolute atomic E-state index is 6.03. The van der Waals surface area contributed by atoms with Crippen LogP contribution in [0.3, 0.4) is 0 Å². The molecule has 0 bridgehead atoms. The number of anilines is 3. The molecule has 4 N–H and O–H groups in total. The smallest absolute Gasteiger partial charge is 0.239 e. The summed E-state index contributed by atoms with van der Waals surface area (Å²) in [6, 6.07) is 5.57. The Morgan fingerprint density at radius 2 is 2.17 bits per heavy atom. The average Bonchev–Trinajstić information content (AvgIpc) is 2.36. The lowest BCUT2D eigenvalue weighted by Gasteiger charge is -2.10. The SMILES string of the molecule is Cc1cnc(NN)nc1Nc1ccc(Br)c(Cl)c1. The molecule has 2 rings (SSSR count). The Morgan fingerprint density at radius 3 is 2.83 bits per heavy atom. The molecule has 0 aliphatic carbocycles. The van der Waals surface area contributed by atoms with E-state index in [1.54, 1.807) is 6.20 Å². The zero-order valence-corrected chi connectivity index (χ0v) is 11.9. The minimum Gasteiger partial charge on any atom is -0.340 e. The first-order chi connectivity index (χ1) is 8.60. The number of nitrogens with one attached hydrogen (secondary N) is 2. The van der Waals surface area contributed by atoms with Crippen molar-refractivity contribution in [3.63, 3.8) is 0 Å². The van der Waals surface area contributed by atoms with Crippen LogP contribution in [-0.4, -0.2) is 9.97 Å². The number of hydrazine groups is 1. The number of rotatable bonds is 3. The molecule has 0 unspecified atom stereocenters. The van der Waals surface area contributed by atoms with E-state index in [4.69, 9.17) is 17.4 Å². The van der Waals surface area contributed by atoms with Crippen molar-refractivity contribution in [2.24, 2.45) is 5.84 Å². The van der Waals surface area contributed by atoms with E-state index in [0.717, 1.165) is 15.7 Å². The van der Waals surface area contributed by atoms with Gasteiger partial charge in [-0.2, -0.15) is 4.98 Å². The normalized spacial score (nSPS) is 10.2. The van der Waals surface area contributed by atoms with Gasteiger partial charge in [0.15, 0.2) is 0 Å². The van der Waals surface area contributed by atoms with Gasteiger partial charge in [-0.25, -0.2) is 10.8 Å². The summed E-state index contributed by atoms with van der Waals surface area (Å²) in [6.07, 6.45) is 1.69. The van der Waals surface area contributed by atoms with Crippen molar-refractivity contribution in [2.45, 2.75) is 6.92 Å². The van der Waals surface area contributed by atoms with Crippen molar-refractivity contribution in [1.29, 1.82) is 0 Å². The van der Waals surface area contributed by atoms with Crippen LogP contribution in [0, 0.1) is 6.92 Å². The molecule has 1 heterocycles. The van der Waals surface area contributed by atoms with Gasteiger partial charge in [0.2, 0.25) is 5.95 Å². The van der Waals surface area contributed by atoms with Crippen LogP contribution in [0.15, 0.2) is 28.9 Å². The molecule has 1 aromatic heterocycles. The van der Waals surface area contributed by atoms with Crippen LogP contribution in [0.2, 0.25) is 5.02 Å². The van der Waals surface area contributed by atoms with Crippen molar-refractivity contribution in [3.05, 3.63) is 39.5 Å². The van der Waals surface area contributed by atoms with Crippen molar-refractivity contribution in [3.8, 4) is 0 Å². The lowest BCUT2D eigenvalue weighted by Crippen LogP contribution is -2.11. The van der Waals surface area contributed by atoms with Crippen molar-refractivity contribution in [2.75, 3.05) is 10.7 Å². The minimum absolute atomic E-state index is 0.353. The van der Waals surface area contributed by atoms with E-state index in [1.165, 1.54) is 0 Å². The first kappa shape index (κ1) is 13.1. The van der Waals surface area contributed by atoms with Crippen LogP contribution in [0.25, 0.3) is 0 Å². The Kier molecular flexibility index (Phi) is 4.00. The van der Waals surface area contributed by atoms with Crippen LogP contribution in [0.5, 0.6) is 0 Å². The number of aromatic nitrogens is 2. The molecule has 0 atom stereocenters. The monoisotopic (exact) mass is 327 g/mol. The molecule has 0 fully saturated rings. The highest BCUT2D eigenvalue weighted by Gasteiger charge is 2.05. The lowest BCUT2D eigenvalue weighted by atomic mass is 10.3. The maximum Gasteiger partial charge on any atom is 0.239 e.